The summed E-state index contributed by atoms with van der Waals surface area (Å²) in [5.74, 6) is 0.0565. The molecule has 0 unspecified atom stereocenters. The van der Waals surface area contributed by atoms with Crippen LogP contribution in [0.25, 0.3) is 28.7 Å². The van der Waals surface area contributed by atoms with E-state index in [4.69, 9.17) is 0 Å². The van der Waals surface area contributed by atoms with Crippen LogP contribution in [0.2, 0.25) is 0 Å². The molecule has 0 radical (unpaired) electrons. The van der Waals surface area contributed by atoms with Gasteiger partial charge in [-0.3, -0.25) is 9.59 Å². The number of carbonyl (C=O) groups excluding carboxylic acids is 2. The Hall–Kier alpha value is -5.54. The molecule has 38 heavy (non-hydrogen) atoms. The van der Waals surface area contributed by atoms with E-state index in [1.807, 2.05) is 0 Å². The van der Waals surface area contributed by atoms with Gasteiger partial charge in [0.25, 0.3) is 11.8 Å². The zero-order chi connectivity index (χ0) is 26.5. The third-order valence-corrected chi connectivity index (χ3v) is 5.29. The van der Waals surface area contributed by atoms with Gasteiger partial charge in [-0.1, -0.05) is 17.3 Å². The normalized spacial score (nSPS) is 10.9. The highest BCUT2D eigenvalue weighted by Gasteiger charge is 2.17. The van der Waals surface area contributed by atoms with Gasteiger partial charge in [-0.25, -0.2) is 24.1 Å². The first-order valence-corrected chi connectivity index (χ1v) is 11.3. The summed E-state index contributed by atoms with van der Waals surface area (Å²) >= 11 is 0. The molecule has 16 heteroatoms. The number of amides is 2. The molecule has 0 saturated heterocycles. The molecule has 190 valence electrons. The number of carbonyl (C=O) groups is 2. The number of aromatic nitrogens is 11. The smallest absolute Gasteiger partial charge is 0.352 e. The van der Waals surface area contributed by atoms with E-state index < -0.39 is 11.6 Å². The Morgan fingerprint density at radius 1 is 0.816 bits per heavy atom. The SMILES string of the molecule is Cn1nnc2c(C(=O)NCCCNC(=O)c3ccc(-c4nnc(-c5ncccn5)nn4)cc3)ncn2c1=O. The molecule has 1 aromatic carbocycles. The summed E-state index contributed by atoms with van der Waals surface area (Å²) < 4.78 is 2.18. The first-order valence-electron chi connectivity index (χ1n) is 11.3. The molecule has 0 aliphatic rings. The quantitative estimate of drug-likeness (QED) is 0.242. The molecule has 0 bridgehead atoms. The van der Waals surface area contributed by atoms with E-state index >= 15 is 0 Å². The molecule has 0 atom stereocenters. The largest absolute Gasteiger partial charge is 0.352 e. The standard InChI is InChI=1S/C22H19N13O3/c1-34-22(38)35-12-27-15(19(35)32-33-34)21(37)26-11-3-10-25-20(36)14-6-4-13(5-7-14)16-28-30-18(31-29-16)17-23-8-2-9-24-17/h2,4-9,12H,3,10-11H2,1H3,(H,25,36)(H,26,37). The van der Waals surface area contributed by atoms with E-state index in [-0.39, 0.29) is 29.6 Å². The Morgan fingerprint density at radius 3 is 2.18 bits per heavy atom. The van der Waals surface area contributed by atoms with E-state index in [0.29, 0.717) is 35.7 Å². The van der Waals surface area contributed by atoms with E-state index in [0.717, 1.165) is 9.08 Å². The Labute approximate surface area is 213 Å². The topological polar surface area (TPSA) is 201 Å². The van der Waals surface area contributed by atoms with Crippen LogP contribution in [0, 0.1) is 0 Å². The van der Waals surface area contributed by atoms with Crippen LogP contribution in [0.5, 0.6) is 0 Å². The van der Waals surface area contributed by atoms with Gasteiger partial charge < -0.3 is 10.6 Å². The molecule has 0 spiro atoms. The first-order chi connectivity index (χ1) is 18.5. The molecule has 2 amide bonds. The Kier molecular flexibility index (Phi) is 6.75. The molecular formula is C22H19N13O3. The molecule has 0 fully saturated rings. The number of fused-ring (bicyclic) bond motifs is 1. The number of nitrogens with zero attached hydrogens (tertiary/aromatic N) is 11. The molecule has 0 saturated carbocycles. The van der Waals surface area contributed by atoms with Crippen LogP contribution in [-0.2, 0) is 7.05 Å². The molecule has 0 aliphatic heterocycles. The van der Waals surface area contributed by atoms with Crippen molar-refractivity contribution in [3.05, 3.63) is 70.8 Å². The van der Waals surface area contributed by atoms with Crippen LogP contribution in [-0.4, -0.2) is 79.6 Å². The number of nitrogens with one attached hydrogen (secondary N) is 2. The van der Waals surface area contributed by atoms with E-state index in [1.165, 1.54) is 13.4 Å². The number of rotatable bonds is 8. The van der Waals surface area contributed by atoms with Gasteiger partial charge >= 0.3 is 5.69 Å². The molecule has 4 heterocycles. The minimum atomic E-state index is -0.493. The van der Waals surface area contributed by atoms with Gasteiger partial charge in [0, 0.05) is 43.7 Å². The number of aryl methyl sites for hydroxylation is 1. The lowest BCUT2D eigenvalue weighted by Crippen LogP contribution is -2.31. The summed E-state index contributed by atoms with van der Waals surface area (Å²) in [4.78, 5) is 48.9. The van der Waals surface area contributed by atoms with Crippen molar-refractivity contribution in [1.29, 1.82) is 0 Å². The lowest BCUT2D eigenvalue weighted by molar-refractivity contribution is 0.0949. The predicted molar refractivity (Wildman–Crippen MR) is 129 cm³/mol. The van der Waals surface area contributed by atoms with Crippen molar-refractivity contribution in [2.45, 2.75) is 6.42 Å². The summed E-state index contributed by atoms with van der Waals surface area (Å²) in [6, 6.07) is 8.34. The van der Waals surface area contributed by atoms with Crippen LogP contribution >= 0.6 is 0 Å². The van der Waals surface area contributed by atoms with Gasteiger partial charge in [-0.05, 0) is 24.6 Å². The molecule has 16 nitrogen and oxygen atoms in total. The number of hydrogen-bond donors (Lipinski definition) is 2. The zero-order valence-corrected chi connectivity index (χ0v) is 19.9. The van der Waals surface area contributed by atoms with Gasteiger partial charge in [-0.2, -0.15) is 4.68 Å². The van der Waals surface area contributed by atoms with Gasteiger partial charge in [0.2, 0.25) is 17.5 Å². The Balaban J connectivity index is 1.10. The second kappa shape index (κ2) is 10.6. The van der Waals surface area contributed by atoms with Crippen LogP contribution < -0.4 is 16.3 Å². The predicted octanol–water partition coefficient (Wildman–Crippen LogP) is -0.923. The average Bonchev–Trinajstić information content (AvgIpc) is 3.40. The molecule has 4 aromatic heterocycles. The van der Waals surface area contributed by atoms with Crippen LogP contribution in [0.15, 0.2) is 53.8 Å². The summed E-state index contributed by atoms with van der Waals surface area (Å²) in [6.45, 7) is 0.599. The van der Waals surface area contributed by atoms with Crippen molar-refractivity contribution >= 4 is 17.5 Å². The number of imidazole rings is 1. The van der Waals surface area contributed by atoms with Gasteiger partial charge in [0.1, 0.15) is 6.33 Å². The Bertz CT molecular complexity index is 1650. The maximum atomic E-state index is 12.5. The first kappa shape index (κ1) is 24.2. The lowest BCUT2D eigenvalue weighted by atomic mass is 10.1. The van der Waals surface area contributed by atoms with Gasteiger partial charge in [-0.15, -0.1) is 25.5 Å². The fourth-order valence-corrected chi connectivity index (χ4v) is 3.34. The summed E-state index contributed by atoms with van der Waals surface area (Å²) in [5.41, 5.74) is 0.684. The third-order valence-electron chi connectivity index (χ3n) is 5.29. The maximum Gasteiger partial charge on any atom is 0.352 e. The fourth-order valence-electron chi connectivity index (χ4n) is 3.34. The van der Waals surface area contributed by atoms with Crippen LogP contribution in [0.4, 0.5) is 0 Å². The van der Waals surface area contributed by atoms with Gasteiger partial charge in [0.05, 0.1) is 0 Å². The van der Waals surface area contributed by atoms with Crippen molar-refractivity contribution < 1.29 is 9.59 Å². The zero-order valence-electron chi connectivity index (χ0n) is 19.9. The maximum absolute atomic E-state index is 12.5. The van der Waals surface area contributed by atoms with Crippen LogP contribution in [0.1, 0.15) is 27.3 Å². The molecular weight excluding hydrogens is 494 g/mol. The summed E-state index contributed by atoms with van der Waals surface area (Å²) in [5, 5.41) is 29.1. The monoisotopic (exact) mass is 513 g/mol. The van der Waals surface area contributed by atoms with Gasteiger partial charge in [0.15, 0.2) is 11.3 Å². The van der Waals surface area contributed by atoms with Crippen LogP contribution in [0.3, 0.4) is 0 Å². The minimum Gasteiger partial charge on any atom is -0.352 e. The highest BCUT2D eigenvalue weighted by Crippen LogP contribution is 2.15. The van der Waals surface area contributed by atoms with Crippen molar-refractivity contribution in [3.8, 4) is 23.0 Å². The average molecular weight is 513 g/mol. The molecule has 0 aliphatic carbocycles. The van der Waals surface area contributed by atoms with E-state index in [2.05, 4.69) is 56.3 Å². The van der Waals surface area contributed by atoms with Crippen molar-refractivity contribution in [2.75, 3.05) is 13.1 Å². The van der Waals surface area contributed by atoms with Crippen molar-refractivity contribution in [1.82, 2.24) is 65.4 Å². The fraction of sp³-hybridized carbons (Fsp3) is 0.182. The molecule has 5 aromatic rings. The third kappa shape index (κ3) is 5.03. The highest BCUT2D eigenvalue weighted by atomic mass is 16.2. The summed E-state index contributed by atoms with van der Waals surface area (Å²) in [6.07, 6.45) is 4.84. The second-order valence-electron chi connectivity index (χ2n) is 7.84. The van der Waals surface area contributed by atoms with E-state index in [1.54, 1.807) is 42.7 Å². The number of benzene rings is 1. The molecule has 5 rings (SSSR count). The second-order valence-corrected chi connectivity index (χ2v) is 7.84. The van der Waals surface area contributed by atoms with Crippen molar-refractivity contribution in [3.63, 3.8) is 0 Å². The molecule has 2 N–H and O–H groups in total. The Morgan fingerprint density at radius 2 is 1.47 bits per heavy atom. The minimum absolute atomic E-state index is 0.00301. The highest BCUT2D eigenvalue weighted by molar-refractivity contribution is 5.97. The van der Waals surface area contributed by atoms with Crippen molar-refractivity contribution in [2.24, 2.45) is 7.05 Å². The number of hydrogen-bond acceptors (Lipinski definition) is 12. The van der Waals surface area contributed by atoms with E-state index in [9.17, 15) is 14.4 Å². The summed E-state index contributed by atoms with van der Waals surface area (Å²) in [7, 11) is 1.45. The lowest BCUT2D eigenvalue weighted by Gasteiger charge is -2.07.